The number of ether oxygens (including phenoxy) is 1. The molecule has 0 aliphatic carbocycles. The molecule has 2 aromatic rings. The minimum absolute atomic E-state index is 0.169. The summed E-state index contributed by atoms with van der Waals surface area (Å²) in [5.74, 6) is 1.82. The SMILES string of the molecule is CCNC(Cc1ccc(OC)cc1)c1occc1Br. The molecule has 1 atom stereocenters. The summed E-state index contributed by atoms with van der Waals surface area (Å²) in [6.45, 7) is 2.99. The lowest BCUT2D eigenvalue weighted by Crippen LogP contribution is -2.22. The van der Waals surface area contributed by atoms with Gasteiger partial charge in [-0.1, -0.05) is 19.1 Å². The van der Waals surface area contributed by atoms with Crippen LogP contribution in [0.15, 0.2) is 45.5 Å². The number of likely N-dealkylation sites (N-methyl/N-ethyl adjacent to an activating group) is 1. The van der Waals surface area contributed by atoms with Gasteiger partial charge in [0.05, 0.1) is 23.9 Å². The molecule has 1 N–H and O–H groups in total. The van der Waals surface area contributed by atoms with Crippen molar-refractivity contribution in [1.82, 2.24) is 5.32 Å². The highest BCUT2D eigenvalue weighted by Crippen LogP contribution is 2.27. The van der Waals surface area contributed by atoms with Gasteiger partial charge in [-0.05, 0) is 52.7 Å². The maximum atomic E-state index is 5.56. The van der Waals surface area contributed by atoms with Gasteiger partial charge < -0.3 is 14.5 Å². The highest BCUT2D eigenvalue weighted by molar-refractivity contribution is 9.10. The quantitative estimate of drug-likeness (QED) is 0.874. The molecule has 0 fully saturated rings. The molecule has 102 valence electrons. The molecule has 4 heteroatoms. The Morgan fingerprint density at radius 1 is 1.26 bits per heavy atom. The van der Waals surface area contributed by atoms with Crippen molar-refractivity contribution in [1.29, 1.82) is 0 Å². The first-order valence-corrected chi connectivity index (χ1v) is 7.13. The van der Waals surface area contributed by atoms with Gasteiger partial charge in [-0.25, -0.2) is 0 Å². The lowest BCUT2D eigenvalue weighted by atomic mass is 10.0. The van der Waals surface area contributed by atoms with Crippen LogP contribution in [0.3, 0.4) is 0 Å². The van der Waals surface area contributed by atoms with Crippen LogP contribution in [0.25, 0.3) is 0 Å². The number of hydrogen-bond donors (Lipinski definition) is 1. The first-order valence-electron chi connectivity index (χ1n) is 6.33. The van der Waals surface area contributed by atoms with E-state index in [4.69, 9.17) is 9.15 Å². The Morgan fingerprint density at radius 2 is 2.00 bits per heavy atom. The van der Waals surface area contributed by atoms with Crippen LogP contribution in [0.4, 0.5) is 0 Å². The summed E-state index contributed by atoms with van der Waals surface area (Å²) in [5, 5.41) is 3.45. The minimum Gasteiger partial charge on any atom is -0.497 e. The minimum atomic E-state index is 0.169. The van der Waals surface area contributed by atoms with Gasteiger partial charge in [-0.2, -0.15) is 0 Å². The zero-order chi connectivity index (χ0) is 13.7. The summed E-state index contributed by atoms with van der Waals surface area (Å²) in [6.07, 6.45) is 2.59. The van der Waals surface area contributed by atoms with E-state index in [9.17, 15) is 0 Å². The van der Waals surface area contributed by atoms with E-state index in [0.717, 1.165) is 28.9 Å². The van der Waals surface area contributed by atoms with Crippen LogP contribution in [0.1, 0.15) is 24.3 Å². The Bertz CT molecular complexity index is 507. The summed E-state index contributed by atoms with van der Waals surface area (Å²) < 4.78 is 11.7. The van der Waals surface area contributed by atoms with E-state index >= 15 is 0 Å². The number of hydrogen-bond acceptors (Lipinski definition) is 3. The Balaban J connectivity index is 2.14. The van der Waals surface area contributed by atoms with Crippen molar-refractivity contribution in [2.24, 2.45) is 0 Å². The van der Waals surface area contributed by atoms with Gasteiger partial charge in [0, 0.05) is 0 Å². The van der Waals surface area contributed by atoms with E-state index in [1.54, 1.807) is 13.4 Å². The van der Waals surface area contributed by atoms with Gasteiger partial charge in [0.25, 0.3) is 0 Å². The third-order valence-electron chi connectivity index (χ3n) is 3.01. The Kier molecular flexibility index (Phi) is 5.05. The zero-order valence-corrected chi connectivity index (χ0v) is 12.7. The molecule has 0 amide bonds. The van der Waals surface area contributed by atoms with Gasteiger partial charge in [0.1, 0.15) is 11.5 Å². The number of benzene rings is 1. The molecular formula is C15H18BrNO2. The van der Waals surface area contributed by atoms with Crippen LogP contribution >= 0.6 is 15.9 Å². The van der Waals surface area contributed by atoms with Gasteiger partial charge in [0.2, 0.25) is 0 Å². The average molecular weight is 324 g/mol. The molecule has 1 aromatic heterocycles. The van der Waals surface area contributed by atoms with E-state index in [1.807, 2.05) is 18.2 Å². The fraction of sp³-hybridized carbons (Fsp3) is 0.333. The molecule has 2 rings (SSSR count). The van der Waals surface area contributed by atoms with E-state index in [0.29, 0.717) is 0 Å². The maximum absolute atomic E-state index is 5.56. The van der Waals surface area contributed by atoms with Gasteiger partial charge in [0.15, 0.2) is 0 Å². The summed E-state index contributed by atoms with van der Waals surface area (Å²) in [5.41, 5.74) is 1.25. The normalized spacial score (nSPS) is 12.4. The van der Waals surface area contributed by atoms with Crippen LogP contribution in [0, 0.1) is 0 Å². The molecule has 1 aromatic carbocycles. The Labute approximate surface area is 122 Å². The molecule has 0 bridgehead atoms. The van der Waals surface area contributed by atoms with Crippen molar-refractivity contribution in [2.45, 2.75) is 19.4 Å². The molecule has 0 saturated heterocycles. The molecular weight excluding hydrogens is 306 g/mol. The predicted molar refractivity (Wildman–Crippen MR) is 79.5 cm³/mol. The van der Waals surface area contributed by atoms with E-state index in [2.05, 4.69) is 40.3 Å². The topological polar surface area (TPSA) is 34.4 Å². The molecule has 0 aliphatic heterocycles. The second-order valence-electron chi connectivity index (χ2n) is 4.30. The number of halogens is 1. The van der Waals surface area contributed by atoms with Crippen LogP contribution in [-0.4, -0.2) is 13.7 Å². The zero-order valence-electron chi connectivity index (χ0n) is 11.2. The second kappa shape index (κ2) is 6.78. The van der Waals surface area contributed by atoms with Crippen molar-refractivity contribution >= 4 is 15.9 Å². The van der Waals surface area contributed by atoms with E-state index in [1.165, 1.54) is 5.56 Å². The van der Waals surface area contributed by atoms with E-state index in [-0.39, 0.29) is 6.04 Å². The Hall–Kier alpha value is -1.26. The lowest BCUT2D eigenvalue weighted by molar-refractivity contribution is 0.410. The van der Waals surface area contributed by atoms with Crippen LogP contribution in [0.2, 0.25) is 0 Å². The van der Waals surface area contributed by atoms with Crippen molar-refractivity contribution in [3.05, 3.63) is 52.4 Å². The monoisotopic (exact) mass is 323 g/mol. The highest BCUT2D eigenvalue weighted by Gasteiger charge is 2.17. The molecule has 0 spiro atoms. The third kappa shape index (κ3) is 3.61. The largest absolute Gasteiger partial charge is 0.497 e. The summed E-state index contributed by atoms with van der Waals surface area (Å²) in [6, 6.07) is 10.2. The fourth-order valence-electron chi connectivity index (χ4n) is 2.06. The molecule has 0 saturated carbocycles. The van der Waals surface area contributed by atoms with Crippen molar-refractivity contribution in [3.8, 4) is 5.75 Å². The van der Waals surface area contributed by atoms with Gasteiger partial charge in [-0.3, -0.25) is 0 Å². The van der Waals surface area contributed by atoms with Gasteiger partial charge in [-0.15, -0.1) is 0 Å². The maximum Gasteiger partial charge on any atom is 0.135 e. The Morgan fingerprint density at radius 3 is 2.53 bits per heavy atom. The standard InChI is InChI=1S/C15H18BrNO2/c1-3-17-14(15-13(16)8-9-19-15)10-11-4-6-12(18-2)7-5-11/h4-9,14,17H,3,10H2,1-2H3. The lowest BCUT2D eigenvalue weighted by Gasteiger charge is -2.16. The molecule has 0 radical (unpaired) electrons. The highest BCUT2D eigenvalue weighted by atomic mass is 79.9. The van der Waals surface area contributed by atoms with Crippen LogP contribution in [-0.2, 0) is 6.42 Å². The summed E-state index contributed by atoms with van der Waals surface area (Å²) in [4.78, 5) is 0. The molecule has 1 heterocycles. The third-order valence-corrected chi connectivity index (χ3v) is 3.67. The number of nitrogens with one attached hydrogen (secondary N) is 1. The predicted octanol–water partition coefficient (Wildman–Crippen LogP) is 3.94. The van der Waals surface area contributed by atoms with Crippen molar-refractivity contribution in [3.63, 3.8) is 0 Å². The second-order valence-corrected chi connectivity index (χ2v) is 5.15. The number of methoxy groups -OCH3 is 1. The first-order chi connectivity index (χ1) is 9.24. The van der Waals surface area contributed by atoms with Crippen molar-refractivity contribution in [2.75, 3.05) is 13.7 Å². The fourth-order valence-corrected chi connectivity index (χ4v) is 2.53. The van der Waals surface area contributed by atoms with Gasteiger partial charge >= 0.3 is 0 Å². The molecule has 3 nitrogen and oxygen atoms in total. The van der Waals surface area contributed by atoms with Crippen LogP contribution < -0.4 is 10.1 Å². The smallest absolute Gasteiger partial charge is 0.135 e. The van der Waals surface area contributed by atoms with Crippen LogP contribution in [0.5, 0.6) is 5.75 Å². The van der Waals surface area contributed by atoms with E-state index < -0.39 is 0 Å². The van der Waals surface area contributed by atoms with Crippen molar-refractivity contribution < 1.29 is 9.15 Å². The summed E-state index contributed by atoms with van der Waals surface area (Å²) in [7, 11) is 1.68. The average Bonchev–Trinajstić information content (AvgIpc) is 2.85. The number of furan rings is 1. The molecule has 1 unspecified atom stereocenters. The first kappa shape index (κ1) is 14.2. The molecule has 0 aliphatic rings. The molecule has 19 heavy (non-hydrogen) atoms. The summed E-state index contributed by atoms with van der Waals surface area (Å²) >= 11 is 3.52. The number of rotatable bonds is 6.